The molecule has 0 saturated carbocycles. The van der Waals surface area contributed by atoms with E-state index in [1.54, 1.807) is 0 Å². The van der Waals surface area contributed by atoms with E-state index in [0.717, 1.165) is 57.9 Å². The monoisotopic (exact) mass is 545 g/mol. The van der Waals surface area contributed by atoms with Gasteiger partial charge in [-0.05, 0) is 72.3 Å². The minimum atomic E-state index is -2.11. The van der Waals surface area contributed by atoms with E-state index in [4.69, 9.17) is 0 Å². The number of para-hydroxylation sites is 3. The third kappa shape index (κ3) is 7.37. The van der Waals surface area contributed by atoms with Crippen molar-refractivity contribution >= 4 is 8.07 Å². The standard InChI is InChI=1S/C25H30O3Si.C3H5.Mo/c1-17-8-5-11-20(23(17)26)14-29(4,15-21-12-6-9-18(2)24(21)27)16-22-13-7-10-19(3)25(22)28;1-3-2;/h5-13,26-28H,14-16H2,1-4H3;3H2,1H3;. The Morgan fingerprint density at radius 3 is 1.18 bits per heavy atom. The Hall–Kier alpha value is -2.25. The molecule has 3 aromatic rings. The van der Waals surface area contributed by atoms with Gasteiger partial charge in [0.25, 0.3) is 0 Å². The van der Waals surface area contributed by atoms with E-state index in [2.05, 4.69) is 17.7 Å². The summed E-state index contributed by atoms with van der Waals surface area (Å²) < 4.78 is 2.94. The average Bonchev–Trinajstić information content (AvgIpc) is 2.78. The van der Waals surface area contributed by atoms with Crippen LogP contribution in [0.4, 0.5) is 0 Å². The summed E-state index contributed by atoms with van der Waals surface area (Å²) >= 11 is 1.87. The Kier molecular flexibility index (Phi) is 10.0. The zero-order valence-corrected chi connectivity index (χ0v) is 23.3. The van der Waals surface area contributed by atoms with Crippen molar-refractivity contribution in [3.05, 3.63) is 88.0 Å². The van der Waals surface area contributed by atoms with Crippen LogP contribution < -0.4 is 0 Å². The first kappa shape index (κ1) is 27.0. The van der Waals surface area contributed by atoms with Crippen LogP contribution in [0.3, 0.4) is 0 Å². The van der Waals surface area contributed by atoms with Gasteiger partial charge in [0, 0.05) is 0 Å². The van der Waals surface area contributed by atoms with Crippen LogP contribution in [0.1, 0.15) is 46.7 Å². The van der Waals surface area contributed by atoms with Crippen LogP contribution in [0.25, 0.3) is 0 Å². The molecule has 0 radical (unpaired) electrons. The molecule has 0 atom stereocenters. The summed E-state index contributed by atoms with van der Waals surface area (Å²) in [4.78, 5) is 0. The molecule has 5 heteroatoms. The normalized spacial score (nSPS) is 10.8. The molecule has 175 valence electrons. The van der Waals surface area contributed by atoms with Gasteiger partial charge in [-0.1, -0.05) is 61.1 Å². The molecule has 0 aliphatic rings. The van der Waals surface area contributed by atoms with Crippen LogP contribution in [0.15, 0.2) is 54.6 Å². The number of hydrogen-bond donors (Lipinski definition) is 3. The van der Waals surface area contributed by atoms with Crippen LogP contribution in [0.2, 0.25) is 6.55 Å². The smallest absolute Gasteiger partial charge is 0.121 e. The van der Waals surface area contributed by atoms with Gasteiger partial charge in [0.15, 0.2) is 0 Å². The minimum Gasteiger partial charge on any atom is -0.507 e. The number of hydrogen-bond acceptors (Lipinski definition) is 3. The summed E-state index contributed by atoms with van der Waals surface area (Å²) in [6.45, 7) is 10.1. The van der Waals surface area contributed by atoms with E-state index >= 15 is 0 Å². The number of phenolic OH excluding ortho intramolecular Hbond substituents is 3. The summed E-state index contributed by atoms with van der Waals surface area (Å²) in [5.41, 5.74) is 5.44. The van der Waals surface area contributed by atoms with Crippen molar-refractivity contribution in [2.24, 2.45) is 0 Å². The van der Waals surface area contributed by atoms with Gasteiger partial charge in [0.2, 0.25) is 0 Å². The SMILES string of the molecule is CC[C]#[Mo].Cc1cccc(C[Si](C)(Cc2cccc(C)c2O)Cc2cccc(C)c2O)c1O. The molecule has 0 aliphatic carbocycles. The van der Waals surface area contributed by atoms with Crippen molar-refractivity contribution in [2.45, 2.75) is 58.8 Å². The number of benzene rings is 3. The number of aryl methyl sites for hydroxylation is 3. The van der Waals surface area contributed by atoms with Gasteiger partial charge in [-0.2, -0.15) is 0 Å². The molecule has 3 rings (SSSR count). The summed E-state index contributed by atoms with van der Waals surface area (Å²) in [7, 11) is -2.11. The van der Waals surface area contributed by atoms with Crippen molar-refractivity contribution < 1.29 is 34.5 Å². The molecule has 0 bridgehead atoms. The molecule has 3 nitrogen and oxygen atoms in total. The van der Waals surface area contributed by atoms with E-state index in [-0.39, 0.29) is 0 Å². The largest absolute Gasteiger partial charge is 0.507 e. The molecule has 3 N–H and O–H groups in total. The van der Waals surface area contributed by atoms with E-state index in [9.17, 15) is 15.3 Å². The quantitative estimate of drug-likeness (QED) is 0.318. The van der Waals surface area contributed by atoms with Gasteiger partial charge < -0.3 is 15.3 Å². The van der Waals surface area contributed by atoms with Crippen LogP contribution in [0, 0.1) is 25.0 Å². The van der Waals surface area contributed by atoms with Crippen molar-refractivity contribution in [1.29, 1.82) is 0 Å². The fourth-order valence-corrected chi connectivity index (χ4v) is 8.14. The Bertz CT molecular complexity index is 1000. The second-order valence-electron chi connectivity index (χ2n) is 9.09. The minimum absolute atomic E-state index is 0.355. The molecule has 3 aromatic carbocycles. The average molecular weight is 544 g/mol. The predicted octanol–water partition coefficient (Wildman–Crippen LogP) is 6.36. The maximum Gasteiger partial charge on any atom is 0.121 e. The predicted molar refractivity (Wildman–Crippen MR) is 135 cm³/mol. The second kappa shape index (κ2) is 12.3. The van der Waals surface area contributed by atoms with Crippen LogP contribution >= 0.6 is 0 Å². The molecule has 0 fully saturated rings. The Morgan fingerprint density at radius 1 is 0.667 bits per heavy atom. The van der Waals surface area contributed by atoms with Gasteiger partial charge in [0.1, 0.15) is 17.2 Å². The molecule has 0 aromatic heterocycles. The first-order valence-corrected chi connectivity index (χ1v) is 15.4. The van der Waals surface area contributed by atoms with Crippen molar-refractivity contribution in [1.82, 2.24) is 0 Å². The molecule has 0 spiro atoms. The molecule has 0 amide bonds. The van der Waals surface area contributed by atoms with Crippen molar-refractivity contribution in [3.63, 3.8) is 0 Å². The summed E-state index contributed by atoms with van der Waals surface area (Å²) in [6.07, 6.45) is 1.07. The molecule has 0 unspecified atom stereocenters. The first-order chi connectivity index (χ1) is 15.6. The fraction of sp³-hybridized carbons (Fsp3) is 0.321. The summed E-state index contributed by atoms with van der Waals surface area (Å²) in [6, 6.07) is 19.9. The maximum atomic E-state index is 10.6. The third-order valence-corrected chi connectivity index (χ3v) is 10.4. The zero-order valence-electron chi connectivity index (χ0n) is 20.3. The summed E-state index contributed by atoms with van der Waals surface area (Å²) in [5, 5.41) is 31.8. The molecule has 0 aliphatic heterocycles. The topological polar surface area (TPSA) is 60.7 Å². The van der Waals surface area contributed by atoms with Gasteiger partial charge in [0.05, 0.1) is 8.07 Å². The van der Waals surface area contributed by atoms with E-state index in [1.807, 2.05) is 94.5 Å². The molecule has 0 saturated heterocycles. The van der Waals surface area contributed by atoms with E-state index < -0.39 is 8.07 Å². The van der Waals surface area contributed by atoms with Gasteiger partial charge in [-0.25, -0.2) is 0 Å². The number of phenols is 3. The van der Waals surface area contributed by atoms with Crippen LogP contribution in [0.5, 0.6) is 17.2 Å². The van der Waals surface area contributed by atoms with E-state index in [1.165, 1.54) is 0 Å². The Labute approximate surface area is 210 Å². The van der Waals surface area contributed by atoms with Crippen molar-refractivity contribution in [2.75, 3.05) is 0 Å². The van der Waals surface area contributed by atoms with Gasteiger partial charge >= 0.3 is 36.7 Å². The summed E-state index contributed by atoms with van der Waals surface area (Å²) in [5.74, 6) is 1.06. The maximum absolute atomic E-state index is 10.6. The molecule has 33 heavy (non-hydrogen) atoms. The Morgan fingerprint density at radius 2 is 0.939 bits per heavy atom. The first-order valence-electron chi connectivity index (χ1n) is 11.3. The van der Waals surface area contributed by atoms with Crippen LogP contribution in [-0.2, 0) is 37.3 Å². The van der Waals surface area contributed by atoms with E-state index in [0.29, 0.717) is 17.2 Å². The molecular formula is C28H35MoO3Si. The number of rotatable bonds is 6. The van der Waals surface area contributed by atoms with Gasteiger partial charge in [-0.3, -0.25) is 0 Å². The molecule has 0 heterocycles. The van der Waals surface area contributed by atoms with Crippen LogP contribution in [-0.4, -0.2) is 23.4 Å². The second-order valence-corrected chi connectivity index (χ2v) is 14.5. The molecular weight excluding hydrogens is 508 g/mol. The Balaban J connectivity index is 0.000000890. The third-order valence-electron chi connectivity index (χ3n) is 5.96. The van der Waals surface area contributed by atoms with Crippen molar-refractivity contribution in [3.8, 4) is 21.5 Å². The van der Waals surface area contributed by atoms with Gasteiger partial charge in [-0.15, -0.1) is 0 Å². The number of aromatic hydroxyl groups is 3. The zero-order chi connectivity index (χ0) is 24.6. The fourth-order valence-electron chi connectivity index (χ4n) is 4.15.